The van der Waals surface area contributed by atoms with Crippen molar-refractivity contribution in [3.63, 3.8) is 0 Å². The number of ether oxygens (including phenoxy) is 1. The Hall–Kier alpha value is -1.89. The molecule has 0 heterocycles. The van der Waals surface area contributed by atoms with Gasteiger partial charge in [0, 0.05) is 24.7 Å². The van der Waals surface area contributed by atoms with Crippen LogP contribution in [0, 0.1) is 0 Å². The van der Waals surface area contributed by atoms with Crippen LogP contribution < -0.4 is 4.90 Å². The van der Waals surface area contributed by atoms with Gasteiger partial charge < -0.3 is 9.64 Å². The lowest BCUT2D eigenvalue weighted by Crippen LogP contribution is -2.18. The molecule has 0 aliphatic carbocycles. The summed E-state index contributed by atoms with van der Waals surface area (Å²) in [4.78, 5) is 23.5. The smallest absolute Gasteiger partial charge is 0.372 e. The van der Waals surface area contributed by atoms with E-state index in [0.29, 0.717) is 17.7 Å². The molecule has 110 valence electrons. The van der Waals surface area contributed by atoms with E-state index >= 15 is 0 Å². The van der Waals surface area contributed by atoms with Crippen molar-refractivity contribution in [3.05, 3.63) is 29.8 Å². The van der Waals surface area contributed by atoms with Gasteiger partial charge in [0.05, 0.1) is 6.61 Å². The third-order valence-electron chi connectivity index (χ3n) is 2.49. The summed E-state index contributed by atoms with van der Waals surface area (Å²) in [6.45, 7) is -1.64. The molecule has 0 saturated heterocycles. The number of Topliss-reactive ketones (excluding diaryl/α,β-unsaturated/α-hetero) is 1. The van der Waals surface area contributed by atoms with Gasteiger partial charge in [0.25, 0.3) is 0 Å². The van der Waals surface area contributed by atoms with Crippen molar-refractivity contribution < 1.29 is 27.5 Å². The Morgan fingerprint density at radius 2 is 1.90 bits per heavy atom. The summed E-state index contributed by atoms with van der Waals surface area (Å²) in [6, 6.07) is 6.19. The number of hydrogen-bond acceptors (Lipinski definition) is 3. The van der Waals surface area contributed by atoms with Crippen molar-refractivity contribution in [2.75, 3.05) is 25.2 Å². The molecule has 0 bridgehead atoms. The third-order valence-corrected chi connectivity index (χ3v) is 2.49. The van der Waals surface area contributed by atoms with Crippen LogP contribution in [-0.4, -0.2) is 38.6 Å². The molecule has 0 aromatic heterocycles. The Morgan fingerprint density at radius 3 is 2.40 bits per heavy atom. The number of halogens is 3. The summed E-state index contributed by atoms with van der Waals surface area (Å²) >= 11 is 0. The van der Waals surface area contributed by atoms with Crippen molar-refractivity contribution in [2.45, 2.75) is 12.6 Å². The first-order valence-electron chi connectivity index (χ1n) is 5.79. The van der Waals surface area contributed by atoms with Crippen molar-refractivity contribution in [2.24, 2.45) is 0 Å². The fourth-order valence-electron chi connectivity index (χ4n) is 1.44. The summed E-state index contributed by atoms with van der Waals surface area (Å²) < 4.78 is 39.8. The lowest BCUT2D eigenvalue weighted by Gasteiger charge is -2.11. The van der Waals surface area contributed by atoms with E-state index in [-0.39, 0.29) is 18.8 Å². The van der Waals surface area contributed by atoms with Gasteiger partial charge in [0.1, 0.15) is 6.61 Å². The number of anilines is 1. The largest absolute Gasteiger partial charge is 0.411 e. The standard InChI is InChI=1S/C13H14F3NO3/c1-17(9-18)11-4-2-10(3-5-11)12(19)6-7-20-8-13(14,15)16/h2-5,9H,6-8H2,1H3. The van der Waals surface area contributed by atoms with Crippen molar-refractivity contribution >= 4 is 17.9 Å². The number of benzene rings is 1. The van der Waals surface area contributed by atoms with Crippen LogP contribution >= 0.6 is 0 Å². The highest BCUT2D eigenvalue weighted by Crippen LogP contribution is 2.16. The number of hydrogen-bond donors (Lipinski definition) is 0. The summed E-state index contributed by atoms with van der Waals surface area (Å²) in [5.41, 5.74) is 0.980. The number of rotatable bonds is 7. The second-order valence-corrected chi connectivity index (χ2v) is 4.10. The number of carbonyl (C=O) groups is 2. The normalized spacial score (nSPS) is 11.2. The Kier molecular flexibility index (Phi) is 5.69. The maximum Gasteiger partial charge on any atom is 0.411 e. The van der Waals surface area contributed by atoms with Gasteiger partial charge in [-0.3, -0.25) is 9.59 Å². The van der Waals surface area contributed by atoms with Crippen LogP contribution in [0.15, 0.2) is 24.3 Å². The molecule has 7 heteroatoms. The molecule has 0 spiro atoms. The molecule has 1 aromatic carbocycles. The van der Waals surface area contributed by atoms with Crippen molar-refractivity contribution in [3.8, 4) is 0 Å². The number of ketones is 1. The van der Waals surface area contributed by atoms with Crippen LogP contribution in [-0.2, 0) is 9.53 Å². The van der Waals surface area contributed by atoms with Crippen molar-refractivity contribution in [1.82, 2.24) is 0 Å². The molecular formula is C13H14F3NO3. The number of nitrogens with zero attached hydrogens (tertiary/aromatic N) is 1. The van der Waals surface area contributed by atoms with Gasteiger partial charge in [-0.25, -0.2) is 0 Å². The number of amides is 1. The average molecular weight is 289 g/mol. The van der Waals surface area contributed by atoms with Gasteiger partial charge in [-0.15, -0.1) is 0 Å². The Morgan fingerprint density at radius 1 is 1.30 bits per heavy atom. The SMILES string of the molecule is CN(C=O)c1ccc(C(=O)CCOCC(F)(F)F)cc1. The molecule has 1 aromatic rings. The first-order valence-corrected chi connectivity index (χ1v) is 5.79. The van der Waals surface area contributed by atoms with Crippen LogP contribution in [0.3, 0.4) is 0 Å². The fourth-order valence-corrected chi connectivity index (χ4v) is 1.44. The zero-order chi connectivity index (χ0) is 15.2. The van der Waals surface area contributed by atoms with Gasteiger partial charge in [-0.05, 0) is 24.3 Å². The van der Waals surface area contributed by atoms with Gasteiger partial charge in [-0.2, -0.15) is 13.2 Å². The van der Waals surface area contributed by atoms with Gasteiger partial charge in [0.2, 0.25) is 6.41 Å². The fraction of sp³-hybridized carbons (Fsp3) is 0.385. The number of carbonyl (C=O) groups excluding carboxylic acids is 2. The van der Waals surface area contributed by atoms with E-state index in [0.717, 1.165) is 0 Å². The van der Waals surface area contributed by atoms with Crippen LogP contribution in [0.4, 0.5) is 18.9 Å². The molecule has 0 fully saturated rings. The lowest BCUT2D eigenvalue weighted by atomic mass is 10.1. The quantitative estimate of drug-likeness (QED) is 0.440. The minimum Gasteiger partial charge on any atom is -0.372 e. The van der Waals surface area contributed by atoms with E-state index in [1.165, 1.54) is 17.0 Å². The molecule has 1 rings (SSSR count). The highest BCUT2D eigenvalue weighted by Gasteiger charge is 2.27. The van der Waals surface area contributed by atoms with Crippen molar-refractivity contribution in [1.29, 1.82) is 0 Å². The summed E-state index contributed by atoms with van der Waals surface area (Å²) in [5, 5.41) is 0. The summed E-state index contributed by atoms with van der Waals surface area (Å²) in [5.74, 6) is -0.313. The molecule has 0 unspecified atom stereocenters. The molecule has 20 heavy (non-hydrogen) atoms. The van der Waals surface area contributed by atoms with Gasteiger partial charge >= 0.3 is 6.18 Å². The molecule has 0 N–H and O–H groups in total. The van der Waals surface area contributed by atoms with E-state index in [4.69, 9.17) is 0 Å². The van der Waals surface area contributed by atoms with E-state index in [1.807, 2.05) is 0 Å². The van der Waals surface area contributed by atoms with Crippen LogP contribution in [0.1, 0.15) is 16.8 Å². The average Bonchev–Trinajstić information content (AvgIpc) is 2.41. The van der Waals surface area contributed by atoms with Crippen LogP contribution in [0.25, 0.3) is 0 Å². The van der Waals surface area contributed by atoms with E-state index in [1.54, 1.807) is 19.2 Å². The zero-order valence-electron chi connectivity index (χ0n) is 10.8. The highest BCUT2D eigenvalue weighted by molar-refractivity contribution is 5.96. The predicted octanol–water partition coefficient (Wildman–Crippen LogP) is 2.43. The topological polar surface area (TPSA) is 46.6 Å². The first-order chi connectivity index (χ1) is 9.33. The molecular weight excluding hydrogens is 275 g/mol. The lowest BCUT2D eigenvalue weighted by molar-refractivity contribution is -0.173. The Balaban J connectivity index is 2.46. The van der Waals surface area contributed by atoms with Gasteiger partial charge in [0.15, 0.2) is 5.78 Å². The maximum absolute atomic E-state index is 11.8. The highest BCUT2D eigenvalue weighted by atomic mass is 19.4. The minimum absolute atomic E-state index is 0.126. The first kappa shape index (κ1) is 16.2. The van der Waals surface area contributed by atoms with Crippen LogP contribution in [0.2, 0.25) is 0 Å². The molecule has 0 radical (unpaired) electrons. The summed E-state index contributed by atoms with van der Waals surface area (Å²) in [7, 11) is 1.56. The van der Waals surface area contributed by atoms with Gasteiger partial charge in [-0.1, -0.05) is 0 Å². The molecule has 0 atom stereocenters. The molecule has 0 aliphatic rings. The Bertz CT molecular complexity index is 457. The Labute approximate surface area is 114 Å². The molecule has 0 saturated carbocycles. The van der Waals surface area contributed by atoms with E-state index in [9.17, 15) is 22.8 Å². The molecule has 1 amide bonds. The van der Waals surface area contributed by atoms with Crippen LogP contribution in [0.5, 0.6) is 0 Å². The monoisotopic (exact) mass is 289 g/mol. The van der Waals surface area contributed by atoms with E-state index in [2.05, 4.69) is 4.74 Å². The predicted molar refractivity (Wildman–Crippen MR) is 66.7 cm³/mol. The zero-order valence-corrected chi connectivity index (χ0v) is 10.8. The second-order valence-electron chi connectivity index (χ2n) is 4.10. The second kappa shape index (κ2) is 7.04. The third kappa shape index (κ3) is 5.40. The van der Waals surface area contributed by atoms with E-state index < -0.39 is 12.8 Å². The number of alkyl halides is 3. The maximum atomic E-state index is 11.8. The molecule has 0 aliphatic heterocycles. The summed E-state index contributed by atoms with van der Waals surface area (Å²) in [6.07, 6.45) is -3.88. The minimum atomic E-state index is -4.38. The molecule has 4 nitrogen and oxygen atoms in total.